The highest BCUT2D eigenvalue weighted by Gasteiger charge is 2.08. The van der Waals surface area contributed by atoms with Crippen LogP contribution in [0.3, 0.4) is 0 Å². The molecule has 24 heavy (non-hydrogen) atoms. The number of hydrogen-bond acceptors (Lipinski definition) is 7. The Balaban J connectivity index is 2.54. The number of amides is 1. The van der Waals surface area contributed by atoms with E-state index in [0.29, 0.717) is 17.1 Å². The number of ether oxygens (including phenoxy) is 4. The molecule has 130 valence electrons. The van der Waals surface area contributed by atoms with Crippen molar-refractivity contribution < 1.29 is 33.3 Å². The predicted molar refractivity (Wildman–Crippen MR) is 84.6 cm³/mol. The van der Waals surface area contributed by atoms with Crippen molar-refractivity contribution in [3.05, 3.63) is 29.8 Å². The Morgan fingerprint density at radius 3 is 2.50 bits per heavy atom. The highest BCUT2D eigenvalue weighted by atomic mass is 16.5. The first-order valence-electron chi connectivity index (χ1n) is 6.90. The third kappa shape index (κ3) is 6.39. The first-order valence-corrected chi connectivity index (χ1v) is 6.90. The summed E-state index contributed by atoms with van der Waals surface area (Å²) in [4.78, 5) is 33.8. The van der Waals surface area contributed by atoms with Gasteiger partial charge in [0.05, 0.1) is 21.3 Å². The average Bonchev–Trinajstić information content (AvgIpc) is 2.62. The fourth-order valence-electron chi connectivity index (χ4n) is 1.61. The van der Waals surface area contributed by atoms with Crippen LogP contribution >= 0.6 is 0 Å². The molecule has 1 amide bonds. The van der Waals surface area contributed by atoms with E-state index >= 15 is 0 Å². The number of nitrogens with one attached hydrogen (secondary N) is 1. The molecule has 1 aromatic rings. The normalized spacial score (nSPS) is 10.1. The van der Waals surface area contributed by atoms with E-state index < -0.39 is 24.5 Å². The van der Waals surface area contributed by atoms with Crippen LogP contribution in [-0.4, -0.2) is 52.3 Å². The number of esters is 2. The molecule has 1 aromatic carbocycles. The number of rotatable bonds is 8. The summed E-state index contributed by atoms with van der Waals surface area (Å²) in [6.45, 7) is -0.793. The lowest BCUT2D eigenvalue weighted by atomic mass is 10.1. The van der Waals surface area contributed by atoms with Gasteiger partial charge in [0.2, 0.25) is 0 Å². The summed E-state index contributed by atoms with van der Waals surface area (Å²) < 4.78 is 19.4. The van der Waals surface area contributed by atoms with Gasteiger partial charge >= 0.3 is 11.9 Å². The molecule has 0 bridgehead atoms. The molecule has 0 spiro atoms. The van der Waals surface area contributed by atoms with Crippen LogP contribution in [0.25, 0.3) is 6.08 Å². The van der Waals surface area contributed by atoms with Crippen molar-refractivity contribution in [2.75, 3.05) is 34.5 Å². The van der Waals surface area contributed by atoms with Crippen molar-refractivity contribution in [2.45, 2.75) is 0 Å². The topological polar surface area (TPSA) is 100 Å². The molecule has 0 aliphatic rings. The van der Waals surface area contributed by atoms with Gasteiger partial charge in [-0.3, -0.25) is 9.59 Å². The molecule has 8 nitrogen and oxygen atoms in total. The van der Waals surface area contributed by atoms with E-state index in [1.807, 2.05) is 0 Å². The van der Waals surface area contributed by atoms with Crippen LogP contribution in [-0.2, 0) is 23.9 Å². The second kappa shape index (κ2) is 9.88. The van der Waals surface area contributed by atoms with Crippen molar-refractivity contribution in [3.63, 3.8) is 0 Å². The second-order valence-corrected chi connectivity index (χ2v) is 4.40. The number of methoxy groups -OCH3 is 3. The minimum absolute atomic E-state index is 0.288. The Hall–Kier alpha value is -3.03. The molecule has 8 heteroatoms. The lowest BCUT2D eigenvalue weighted by Gasteiger charge is -2.07. The molecular formula is C16H19NO7. The molecule has 0 saturated heterocycles. The quantitative estimate of drug-likeness (QED) is 0.546. The molecule has 0 aromatic heterocycles. The molecule has 0 heterocycles. The van der Waals surface area contributed by atoms with E-state index in [-0.39, 0.29) is 6.54 Å². The molecule has 0 aliphatic heterocycles. The predicted octanol–water partition coefficient (Wildman–Crippen LogP) is 0.549. The summed E-state index contributed by atoms with van der Waals surface area (Å²) >= 11 is 0. The molecule has 0 aliphatic carbocycles. The smallest absolute Gasteiger partial charge is 0.331 e. The number of carbonyl (C=O) groups is 3. The van der Waals surface area contributed by atoms with Crippen molar-refractivity contribution >= 4 is 23.9 Å². The van der Waals surface area contributed by atoms with Gasteiger partial charge in [0, 0.05) is 11.6 Å². The van der Waals surface area contributed by atoms with Crippen LogP contribution < -0.4 is 14.8 Å². The van der Waals surface area contributed by atoms with E-state index in [0.717, 1.165) is 6.08 Å². The van der Waals surface area contributed by atoms with E-state index in [1.54, 1.807) is 18.2 Å². The van der Waals surface area contributed by atoms with Gasteiger partial charge in [-0.2, -0.15) is 0 Å². The van der Waals surface area contributed by atoms with Gasteiger partial charge in [0.15, 0.2) is 6.61 Å². The lowest BCUT2D eigenvalue weighted by molar-refractivity contribution is -0.145. The van der Waals surface area contributed by atoms with Crippen molar-refractivity contribution in [3.8, 4) is 11.5 Å². The highest BCUT2D eigenvalue weighted by Crippen LogP contribution is 2.25. The van der Waals surface area contributed by atoms with Crippen molar-refractivity contribution in [1.29, 1.82) is 0 Å². The molecule has 0 atom stereocenters. The second-order valence-electron chi connectivity index (χ2n) is 4.40. The van der Waals surface area contributed by atoms with E-state index in [4.69, 9.17) is 14.2 Å². The Bertz CT molecular complexity index is 625. The Kier molecular flexibility index (Phi) is 7.83. The third-order valence-electron chi connectivity index (χ3n) is 2.84. The number of carbonyl (C=O) groups excluding carboxylic acids is 3. The summed E-state index contributed by atoms with van der Waals surface area (Å²) in [5, 5.41) is 2.24. The number of benzene rings is 1. The zero-order valence-electron chi connectivity index (χ0n) is 13.7. The van der Waals surface area contributed by atoms with Crippen LogP contribution in [0.5, 0.6) is 11.5 Å². The highest BCUT2D eigenvalue weighted by molar-refractivity contribution is 5.90. The summed E-state index contributed by atoms with van der Waals surface area (Å²) in [6.07, 6.45) is 2.64. The molecule has 0 radical (unpaired) electrons. The average molecular weight is 337 g/mol. The minimum atomic E-state index is -0.715. The van der Waals surface area contributed by atoms with Gasteiger partial charge in [0.25, 0.3) is 5.91 Å². The fourth-order valence-corrected chi connectivity index (χ4v) is 1.61. The van der Waals surface area contributed by atoms with Crippen LogP contribution in [0.1, 0.15) is 5.56 Å². The van der Waals surface area contributed by atoms with Crippen molar-refractivity contribution in [1.82, 2.24) is 5.32 Å². The zero-order chi connectivity index (χ0) is 17.9. The van der Waals surface area contributed by atoms with E-state index in [2.05, 4.69) is 10.1 Å². The van der Waals surface area contributed by atoms with Crippen LogP contribution in [0.4, 0.5) is 0 Å². The zero-order valence-corrected chi connectivity index (χ0v) is 13.7. The first-order chi connectivity index (χ1) is 11.5. The Morgan fingerprint density at radius 2 is 1.88 bits per heavy atom. The summed E-state index contributed by atoms with van der Waals surface area (Å²) in [6, 6.07) is 5.11. The summed E-state index contributed by atoms with van der Waals surface area (Å²) in [5.41, 5.74) is 0.615. The number of hydrogen-bond donors (Lipinski definition) is 1. The minimum Gasteiger partial charge on any atom is -0.497 e. The Labute approximate surface area is 139 Å². The van der Waals surface area contributed by atoms with E-state index in [9.17, 15) is 14.4 Å². The molecule has 0 fully saturated rings. The van der Waals surface area contributed by atoms with Gasteiger partial charge in [0.1, 0.15) is 18.0 Å². The largest absolute Gasteiger partial charge is 0.497 e. The standard InChI is InChI=1S/C16H19NO7/c1-21-12-5-6-13(22-2)11(8-12)4-7-15(19)24-10-14(18)17-9-16(20)23-3/h4-8H,9-10H2,1-3H3,(H,17,18)/b7-4-. The monoisotopic (exact) mass is 337 g/mol. The SMILES string of the molecule is COC(=O)CNC(=O)COC(=O)/C=C\c1cc(OC)ccc1OC. The first kappa shape index (κ1) is 19.0. The van der Waals surface area contributed by atoms with Gasteiger partial charge in [-0.15, -0.1) is 0 Å². The van der Waals surface area contributed by atoms with E-state index in [1.165, 1.54) is 27.4 Å². The maximum absolute atomic E-state index is 11.6. The molecule has 1 N–H and O–H groups in total. The van der Waals surface area contributed by atoms with Gasteiger partial charge < -0.3 is 24.3 Å². The van der Waals surface area contributed by atoms with Gasteiger partial charge in [-0.05, 0) is 24.3 Å². The maximum Gasteiger partial charge on any atom is 0.331 e. The van der Waals surface area contributed by atoms with Gasteiger partial charge in [-0.25, -0.2) is 4.79 Å². The van der Waals surface area contributed by atoms with Crippen LogP contribution in [0.2, 0.25) is 0 Å². The lowest BCUT2D eigenvalue weighted by Crippen LogP contribution is -2.33. The summed E-state index contributed by atoms with van der Waals surface area (Å²) in [7, 11) is 4.23. The molecule has 1 rings (SSSR count). The summed E-state index contributed by atoms with van der Waals surface area (Å²) in [5.74, 6) is -0.768. The molecule has 0 unspecified atom stereocenters. The van der Waals surface area contributed by atoms with Crippen LogP contribution in [0.15, 0.2) is 24.3 Å². The van der Waals surface area contributed by atoms with Crippen LogP contribution in [0, 0.1) is 0 Å². The maximum atomic E-state index is 11.6. The fraction of sp³-hybridized carbons (Fsp3) is 0.312. The third-order valence-corrected chi connectivity index (χ3v) is 2.84. The molecule has 0 saturated carbocycles. The Morgan fingerprint density at radius 1 is 1.12 bits per heavy atom. The van der Waals surface area contributed by atoms with Gasteiger partial charge in [-0.1, -0.05) is 0 Å². The molecular weight excluding hydrogens is 318 g/mol. The van der Waals surface area contributed by atoms with Crippen molar-refractivity contribution in [2.24, 2.45) is 0 Å².